The van der Waals surface area contributed by atoms with Crippen LogP contribution in [-0.4, -0.2) is 15.5 Å². The highest BCUT2D eigenvalue weighted by Gasteiger charge is 2.06. The van der Waals surface area contributed by atoms with E-state index in [1.54, 1.807) is 0 Å². The lowest BCUT2D eigenvalue weighted by Gasteiger charge is -2.02. The molecule has 0 aliphatic heterocycles. The van der Waals surface area contributed by atoms with Crippen LogP contribution in [0, 0.1) is 11.7 Å². The molecule has 16 heavy (non-hydrogen) atoms. The number of nitrogens with one attached hydrogen (secondary N) is 1. The maximum absolute atomic E-state index is 10.8. The van der Waals surface area contributed by atoms with E-state index in [-0.39, 0.29) is 5.91 Å². The van der Waals surface area contributed by atoms with Gasteiger partial charge in [-0.15, -0.1) is 0 Å². The minimum absolute atomic E-state index is 0.301. The number of carbonyl (C=O) groups excluding carboxylic acids is 1. The van der Waals surface area contributed by atoms with E-state index in [0.717, 1.165) is 16.6 Å². The summed E-state index contributed by atoms with van der Waals surface area (Å²) < 4.78 is 2.54. The number of hydrogen-bond donors (Lipinski definition) is 2. The molecule has 0 saturated carbocycles. The number of para-hydroxylation sites is 1. The number of aromatic amines is 1. The van der Waals surface area contributed by atoms with E-state index in [1.165, 1.54) is 0 Å². The molecule has 0 fully saturated rings. The molecule has 0 radical (unpaired) electrons. The summed E-state index contributed by atoms with van der Waals surface area (Å²) in [5.41, 5.74) is 8.32. The maximum atomic E-state index is 10.8. The lowest BCUT2D eigenvalue weighted by molar-refractivity contribution is -0.118. The van der Waals surface area contributed by atoms with E-state index < -0.39 is 0 Å². The fraction of sp³-hybridized carbons (Fsp3) is 0.273. The summed E-state index contributed by atoms with van der Waals surface area (Å²) in [6.45, 7) is 2.55. The summed E-state index contributed by atoms with van der Waals surface area (Å²) >= 11 is 5.22. The van der Waals surface area contributed by atoms with Crippen LogP contribution in [0.5, 0.6) is 0 Å². The molecule has 1 aromatic heterocycles. The van der Waals surface area contributed by atoms with Gasteiger partial charge in [-0.1, -0.05) is 12.1 Å². The van der Waals surface area contributed by atoms with Crippen molar-refractivity contribution >= 4 is 29.2 Å². The summed E-state index contributed by atoms with van der Waals surface area (Å²) in [4.78, 5) is 13.9. The second-order valence-corrected chi connectivity index (χ2v) is 4.15. The van der Waals surface area contributed by atoms with Crippen molar-refractivity contribution < 1.29 is 4.79 Å². The van der Waals surface area contributed by atoms with Crippen LogP contribution in [0.2, 0.25) is 0 Å². The Balaban J connectivity index is 2.52. The van der Waals surface area contributed by atoms with Gasteiger partial charge in [0.1, 0.15) is 0 Å². The number of carbonyl (C=O) groups is 1. The number of imidazole rings is 1. The Morgan fingerprint density at radius 1 is 1.56 bits per heavy atom. The van der Waals surface area contributed by atoms with Crippen molar-refractivity contribution in [2.45, 2.75) is 19.9 Å². The third-order valence-electron chi connectivity index (χ3n) is 2.60. The molecule has 84 valence electrons. The normalized spacial score (nSPS) is 10.8. The molecule has 3 N–H and O–H groups in total. The van der Waals surface area contributed by atoms with Crippen LogP contribution in [0.25, 0.3) is 11.0 Å². The van der Waals surface area contributed by atoms with Crippen LogP contribution in [0.1, 0.15) is 12.0 Å². The van der Waals surface area contributed by atoms with E-state index in [1.807, 2.05) is 29.7 Å². The van der Waals surface area contributed by atoms with Gasteiger partial charge in [0.2, 0.25) is 5.91 Å². The number of nitrogens with two attached hydrogens (primary N) is 1. The van der Waals surface area contributed by atoms with Gasteiger partial charge in [-0.2, -0.15) is 0 Å². The number of nitrogens with zero attached hydrogens (tertiary/aromatic N) is 1. The fourth-order valence-electron chi connectivity index (χ4n) is 1.77. The second kappa shape index (κ2) is 4.09. The van der Waals surface area contributed by atoms with Gasteiger partial charge in [0.15, 0.2) is 4.77 Å². The first-order chi connectivity index (χ1) is 7.59. The Kier molecular flexibility index (Phi) is 2.78. The van der Waals surface area contributed by atoms with Gasteiger partial charge in [0, 0.05) is 13.0 Å². The number of rotatable bonds is 3. The largest absolute Gasteiger partial charge is 0.370 e. The zero-order chi connectivity index (χ0) is 11.7. The number of primary amides is 1. The Bertz CT molecular complexity index is 597. The van der Waals surface area contributed by atoms with E-state index in [4.69, 9.17) is 18.0 Å². The molecule has 5 heteroatoms. The molecule has 0 unspecified atom stereocenters. The fourth-order valence-corrected chi connectivity index (χ4v) is 2.06. The molecule has 0 aliphatic rings. The first-order valence-corrected chi connectivity index (χ1v) is 5.47. The van der Waals surface area contributed by atoms with Crippen molar-refractivity contribution in [1.29, 1.82) is 0 Å². The van der Waals surface area contributed by atoms with E-state index in [0.29, 0.717) is 17.7 Å². The molecule has 2 rings (SSSR count). The maximum Gasteiger partial charge on any atom is 0.219 e. The number of amides is 1. The van der Waals surface area contributed by atoms with Crippen LogP contribution < -0.4 is 5.73 Å². The zero-order valence-corrected chi connectivity index (χ0v) is 9.80. The first-order valence-electron chi connectivity index (χ1n) is 5.06. The molecule has 1 aromatic carbocycles. The summed E-state index contributed by atoms with van der Waals surface area (Å²) in [6, 6.07) is 5.97. The van der Waals surface area contributed by atoms with Gasteiger partial charge in [0.25, 0.3) is 0 Å². The molecule has 0 saturated heterocycles. The smallest absolute Gasteiger partial charge is 0.219 e. The highest BCUT2D eigenvalue weighted by atomic mass is 32.1. The van der Waals surface area contributed by atoms with E-state index in [9.17, 15) is 4.79 Å². The third kappa shape index (κ3) is 1.86. The van der Waals surface area contributed by atoms with Crippen LogP contribution in [0.3, 0.4) is 0 Å². The molecule has 1 heterocycles. The number of aromatic nitrogens is 2. The Morgan fingerprint density at radius 2 is 2.31 bits per heavy atom. The Labute approximate surface area is 98.1 Å². The van der Waals surface area contributed by atoms with Crippen LogP contribution in [0.15, 0.2) is 18.2 Å². The number of benzene rings is 1. The van der Waals surface area contributed by atoms with Gasteiger partial charge in [-0.05, 0) is 30.8 Å². The van der Waals surface area contributed by atoms with Crippen molar-refractivity contribution in [3.8, 4) is 0 Å². The molecule has 0 bridgehead atoms. The van der Waals surface area contributed by atoms with Gasteiger partial charge >= 0.3 is 0 Å². The quantitative estimate of drug-likeness (QED) is 0.798. The van der Waals surface area contributed by atoms with Crippen molar-refractivity contribution in [2.24, 2.45) is 5.73 Å². The van der Waals surface area contributed by atoms with Gasteiger partial charge in [0.05, 0.1) is 11.0 Å². The SMILES string of the molecule is Cc1cccc2c1[nH]c(=S)n2CCC(N)=O. The zero-order valence-electron chi connectivity index (χ0n) is 8.99. The molecule has 0 spiro atoms. The lowest BCUT2D eigenvalue weighted by Crippen LogP contribution is -2.13. The molecule has 0 aliphatic carbocycles. The molecule has 2 aromatic rings. The highest BCUT2D eigenvalue weighted by molar-refractivity contribution is 7.71. The monoisotopic (exact) mass is 235 g/mol. The summed E-state index contributed by atoms with van der Waals surface area (Å²) in [6.07, 6.45) is 0.301. The minimum Gasteiger partial charge on any atom is -0.370 e. The molecular weight excluding hydrogens is 222 g/mol. The minimum atomic E-state index is -0.316. The molecule has 1 amide bonds. The van der Waals surface area contributed by atoms with Gasteiger partial charge < -0.3 is 15.3 Å². The van der Waals surface area contributed by atoms with E-state index >= 15 is 0 Å². The Morgan fingerprint density at radius 3 is 3.00 bits per heavy atom. The number of H-pyrrole nitrogens is 1. The highest BCUT2D eigenvalue weighted by Crippen LogP contribution is 2.17. The summed E-state index contributed by atoms with van der Waals surface area (Å²) in [5.74, 6) is -0.316. The topological polar surface area (TPSA) is 63.8 Å². The predicted molar refractivity (Wildman–Crippen MR) is 65.7 cm³/mol. The van der Waals surface area contributed by atoms with Crippen molar-refractivity contribution in [1.82, 2.24) is 9.55 Å². The second-order valence-electron chi connectivity index (χ2n) is 3.77. The number of aryl methyl sites for hydroxylation is 2. The third-order valence-corrected chi connectivity index (χ3v) is 2.92. The summed E-state index contributed by atoms with van der Waals surface area (Å²) in [5, 5.41) is 0. The number of fused-ring (bicyclic) bond motifs is 1. The summed E-state index contributed by atoms with van der Waals surface area (Å²) in [7, 11) is 0. The average Bonchev–Trinajstić information content (AvgIpc) is 2.53. The predicted octanol–water partition coefficient (Wildman–Crippen LogP) is 1.88. The van der Waals surface area contributed by atoms with Crippen LogP contribution in [0.4, 0.5) is 0 Å². The van der Waals surface area contributed by atoms with Crippen molar-refractivity contribution in [2.75, 3.05) is 0 Å². The Hall–Kier alpha value is -1.62. The van der Waals surface area contributed by atoms with Crippen molar-refractivity contribution in [3.63, 3.8) is 0 Å². The van der Waals surface area contributed by atoms with Gasteiger partial charge in [-0.3, -0.25) is 4.79 Å². The molecule has 0 atom stereocenters. The average molecular weight is 235 g/mol. The lowest BCUT2D eigenvalue weighted by atomic mass is 10.2. The van der Waals surface area contributed by atoms with Gasteiger partial charge in [-0.25, -0.2) is 0 Å². The van der Waals surface area contributed by atoms with E-state index in [2.05, 4.69) is 4.98 Å². The molecular formula is C11H13N3OS. The standard InChI is InChI=1S/C11H13N3OS/c1-7-3-2-4-8-10(7)13-11(16)14(8)6-5-9(12)15/h2-4H,5-6H2,1H3,(H2,12,15)(H,13,16). The first kappa shape index (κ1) is 10.9. The molecule has 4 nitrogen and oxygen atoms in total. The van der Waals surface area contributed by atoms with Crippen LogP contribution >= 0.6 is 12.2 Å². The number of hydrogen-bond acceptors (Lipinski definition) is 2. The van der Waals surface area contributed by atoms with Crippen molar-refractivity contribution in [3.05, 3.63) is 28.5 Å². The van der Waals surface area contributed by atoms with Crippen LogP contribution in [-0.2, 0) is 11.3 Å².